The van der Waals surface area contributed by atoms with Gasteiger partial charge in [-0.1, -0.05) is 0 Å². The van der Waals surface area contributed by atoms with Crippen molar-refractivity contribution in [3.05, 3.63) is 0 Å². The highest BCUT2D eigenvalue weighted by molar-refractivity contribution is 7.87. The Balaban J connectivity index is 2.38. The van der Waals surface area contributed by atoms with Crippen molar-refractivity contribution in [2.75, 3.05) is 32.8 Å². The highest BCUT2D eigenvalue weighted by atomic mass is 32.2. The maximum absolute atomic E-state index is 11.9. The Bertz CT molecular complexity index is 418. The van der Waals surface area contributed by atoms with Crippen molar-refractivity contribution in [2.24, 2.45) is 5.92 Å². The lowest BCUT2D eigenvalue weighted by atomic mass is 10.0. The van der Waals surface area contributed by atoms with Crippen molar-refractivity contribution in [3.8, 4) is 0 Å². The van der Waals surface area contributed by atoms with Crippen molar-refractivity contribution in [1.29, 1.82) is 0 Å². The van der Waals surface area contributed by atoms with E-state index in [1.54, 1.807) is 0 Å². The van der Waals surface area contributed by atoms with Gasteiger partial charge in [0.15, 0.2) is 0 Å². The lowest BCUT2D eigenvalue weighted by Crippen LogP contribution is -2.48. The maximum atomic E-state index is 11.9. The molecule has 1 saturated heterocycles. The van der Waals surface area contributed by atoms with Crippen LogP contribution in [0.25, 0.3) is 0 Å². The van der Waals surface area contributed by atoms with Crippen LogP contribution in [-0.4, -0.2) is 63.1 Å². The van der Waals surface area contributed by atoms with E-state index in [4.69, 9.17) is 5.11 Å². The van der Waals surface area contributed by atoms with Crippen molar-refractivity contribution >= 4 is 16.2 Å². The number of ether oxygens (including phenoxy) is 1. The van der Waals surface area contributed by atoms with Gasteiger partial charge in [-0.25, -0.2) is 8.78 Å². The maximum Gasteiger partial charge on any atom is 0.307 e. The Labute approximate surface area is 116 Å². The van der Waals surface area contributed by atoms with Gasteiger partial charge in [0.05, 0.1) is 12.5 Å². The number of carbonyl (C=O) groups is 1. The fourth-order valence-corrected chi connectivity index (χ4v) is 3.14. The second kappa shape index (κ2) is 7.81. The zero-order valence-electron chi connectivity index (χ0n) is 10.8. The lowest BCUT2D eigenvalue weighted by Gasteiger charge is -2.29. The van der Waals surface area contributed by atoms with E-state index in [1.165, 1.54) is 0 Å². The fourth-order valence-electron chi connectivity index (χ4n) is 1.87. The average Bonchev–Trinajstić information content (AvgIpc) is 2.38. The van der Waals surface area contributed by atoms with Crippen LogP contribution in [0.5, 0.6) is 0 Å². The second-order valence-corrected chi connectivity index (χ2v) is 6.16. The predicted molar refractivity (Wildman–Crippen MR) is 65.7 cm³/mol. The largest absolute Gasteiger partial charge is 0.481 e. The minimum atomic E-state index is -3.80. The van der Waals surface area contributed by atoms with E-state index in [1.807, 2.05) is 0 Å². The van der Waals surface area contributed by atoms with E-state index < -0.39 is 35.1 Å². The molecule has 2 N–H and O–H groups in total. The van der Waals surface area contributed by atoms with Gasteiger partial charge >= 0.3 is 5.97 Å². The number of hydrogen-bond acceptors (Lipinski definition) is 4. The van der Waals surface area contributed by atoms with Crippen LogP contribution in [0.4, 0.5) is 8.78 Å². The Morgan fingerprint density at radius 3 is 2.80 bits per heavy atom. The molecule has 0 spiro atoms. The van der Waals surface area contributed by atoms with Crippen LogP contribution in [0.1, 0.15) is 12.8 Å². The minimum absolute atomic E-state index is 0.0808. The minimum Gasteiger partial charge on any atom is -0.481 e. The molecule has 0 aromatic heterocycles. The molecule has 0 aromatic rings. The lowest BCUT2D eigenvalue weighted by molar-refractivity contribution is -0.142. The summed E-state index contributed by atoms with van der Waals surface area (Å²) >= 11 is 0. The summed E-state index contributed by atoms with van der Waals surface area (Å²) in [5.74, 6) is -1.74. The number of halogens is 2. The molecule has 1 aliphatic heterocycles. The molecule has 1 fully saturated rings. The van der Waals surface area contributed by atoms with E-state index in [9.17, 15) is 22.0 Å². The van der Waals surface area contributed by atoms with Crippen LogP contribution in [-0.2, 0) is 19.7 Å². The van der Waals surface area contributed by atoms with E-state index in [2.05, 4.69) is 9.46 Å². The zero-order chi connectivity index (χ0) is 15.2. The number of carboxylic acid groups (broad SMARTS) is 1. The molecule has 1 rings (SSSR count). The third kappa shape index (κ3) is 5.65. The molecule has 10 heteroatoms. The molecular weight excluding hydrogens is 298 g/mol. The highest BCUT2D eigenvalue weighted by Crippen LogP contribution is 2.18. The topological polar surface area (TPSA) is 95.9 Å². The summed E-state index contributed by atoms with van der Waals surface area (Å²) in [5, 5.41) is 8.89. The molecule has 0 aliphatic carbocycles. The van der Waals surface area contributed by atoms with Crippen LogP contribution in [0.3, 0.4) is 0 Å². The van der Waals surface area contributed by atoms with Crippen LogP contribution in [0.2, 0.25) is 0 Å². The molecule has 0 bridgehead atoms. The van der Waals surface area contributed by atoms with Crippen LogP contribution in [0.15, 0.2) is 0 Å². The number of carboxylic acids is 1. The summed E-state index contributed by atoms with van der Waals surface area (Å²) < 4.78 is 55.1. The number of nitrogens with zero attached hydrogens (tertiary/aromatic N) is 1. The standard InChI is InChI=1S/C10H18F2N2O5S/c11-9(12)7-19-5-3-13-20(17,18)14-4-1-2-8(6-14)10(15)16/h8-9,13H,1-7H2,(H,15,16). The average molecular weight is 316 g/mol. The monoisotopic (exact) mass is 316 g/mol. The van der Waals surface area contributed by atoms with Gasteiger partial charge in [0.1, 0.15) is 6.61 Å². The summed E-state index contributed by atoms with van der Waals surface area (Å²) in [4.78, 5) is 10.9. The molecule has 0 saturated carbocycles. The van der Waals surface area contributed by atoms with Gasteiger partial charge < -0.3 is 9.84 Å². The Hall–Kier alpha value is -0.840. The number of piperidine rings is 1. The number of rotatable bonds is 8. The summed E-state index contributed by atoms with van der Waals surface area (Å²) in [5.41, 5.74) is 0. The molecule has 0 amide bonds. The molecule has 1 unspecified atom stereocenters. The first kappa shape index (κ1) is 17.2. The summed E-state index contributed by atoms with van der Waals surface area (Å²) in [7, 11) is -3.80. The Kier molecular flexibility index (Phi) is 6.72. The first-order valence-corrected chi connectivity index (χ1v) is 7.60. The van der Waals surface area contributed by atoms with E-state index in [0.717, 1.165) is 4.31 Å². The van der Waals surface area contributed by atoms with Gasteiger partial charge in [-0.05, 0) is 12.8 Å². The molecule has 1 aliphatic rings. The van der Waals surface area contributed by atoms with Crippen molar-refractivity contribution in [3.63, 3.8) is 0 Å². The normalized spacial score (nSPS) is 21.2. The van der Waals surface area contributed by atoms with Gasteiger partial charge in [0.2, 0.25) is 0 Å². The number of nitrogens with one attached hydrogen (secondary N) is 1. The second-order valence-electron chi connectivity index (χ2n) is 4.40. The Morgan fingerprint density at radius 2 is 2.20 bits per heavy atom. The van der Waals surface area contributed by atoms with Crippen molar-refractivity contribution in [1.82, 2.24) is 9.03 Å². The highest BCUT2D eigenvalue weighted by Gasteiger charge is 2.31. The SMILES string of the molecule is O=C(O)C1CCCN(S(=O)(=O)NCCOCC(F)F)C1. The summed E-state index contributed by atoms with van der Waals surface area (Å²) in [6.07, 6.45) is -1.68. The first-order chi connectivity index (χ1) is 9.33. The molecule has 1 heterocycles. The van der Waals surface area contributed by atoms with Crippen molar-refractivity contribution in [2.45, 2.75) is 19.3 Å². The van der Waals surface area contributed by atoms with Gasteiger partial charge in [0, 0.05) is 19.6 Å². The van der Waals surface area contributed by atoms with E-state index >= 15 is 0 Å². The quantitative estimate of drug-likeness (QED) is 0.610. The molecule has 118 valence electrons. The third-order valence-corrected chi connectivity index (χ3v) is 4.43. The smallest absolute Gasteiger partial charge is 0.307 e. The number of aliphatic carboxylic acids is 1. The van der Waals surface area contributed by atoms with Crippen LogP contribution < -0.4 is 4.72 Å². The number of hydrogen-bond donors (Lipinski definition) is 2. The Morgan fingerprint density at radius 1 is 1.50 bits per heavy atom. The van der Waals surface area contributed by atoms with Crippen LogP contribution in [0, 0.1) is 5.92 Å². The zero-order valence-corrected chi connectivity index (χ0v) is 11.6. The van der Waals surface area contributed by atoms with Gasteiger partial charge in [-0.3, -0.25) is 4.79 Å². The van der Waals surface area contributed by atoms with Gasteiger partial charge in [-0.2, -0.15) is 17.4 Å². The molecule has 20 heavy (non-hydrogen) atoms. The first-order valence-electron chi connectivity index (χ1n) is 6.16. The predicted octanol–water partition coefficient (Wildman–Crippen LogP) is -0.101. The number of alkyl halides is 2. The molecule has 0 radical (unpaired) electrons. The van der Waals surface area contributed by atoms with Crippen molar-refractivity contribution < 1.29 is 31.8 Å². The van der Waals surface area contributed by atoms with E-state index in [0.29, 0.717) is 12.8 Å². The van der Waals surface area contributed by atoms with Gasteiger partial charge in [-0.15, -0.1) is 0 Å². The summed E-state index contributed by atoms with van der Waals surface area (Å²) in [6, 6.07) is 0. The molecular formula is C10H18F2N2O5S. The fraction of sp³-hybridized carbons (Fsp3) is 0.900. The van der Waals surface area contributed by atoms with E-state index in [-0.39, 0.29) is 26.2 Å². The summed E-state index contributed by atoms with van der Waals surface area (Å²) in [6.45, 7) is -0.880. The third-order valence-electron chi connectivity index (χ3n) is 2.85. The molecule has 0 aromatic carbocycles. The molecule has 1 atom stereocenters. The van der Waals surface area contributed by atoms with Gasteiger partial charge in [0.25, 0.3) is 16.6 Å². The van der Waals surface area contributed by atoms with Crippen LogP contribution >= 0.6 is 0 Å². The molecule has 7 nitrogen and oxygen atoms in total.